The summed E-state index contributed by atoms with van der Waals surface area (Å²) in [5, 5.41) is 0. The molecule has 1 saturated carbocycles. The Kier molecular flexibility index (Phi) is 3.70. The minimum absolute atomic E-state index is 0.161. The normalized spacial score (nSPS) is 14.7. The Labute approximate surface area is 119 Å². The van der Waals surface area contributed by atoms with Crippen molar-refractivity contribution in [3.63, 3.8) is 0 Å². The van der Waals surface area contributed by atoms with Gasteiger partial charge in [-0.05, 0) is 48.2 Å². The van der Waals surface area contributed by atoms with E-state index in [1.165, 1.54) is 24.5 Å². The zero-order valence-electron chi connectivity index (χ0n) is 11.4. The molecule has 0 atom stereocenters. The van der Waals surface area contributed by atoms with E-state index in [4.69, 9.17) is 5.73 Å². The van der Waals surface area contributed by atoms with Crippen LogP contribution in [0.4, 0.5) is 10.1 Å². The topological polar surface area (TPSA) is 29.3 Å². The molecule has 20 heavy (non-hydrogen) atoms. The number of rotatable bonds is 5. The van der Waals surface area contributed by atoms with Gasteiger partial charge in [0.05, 0.1) is 0 Å². The highest BCUT2D eigenvalue weighted by molar-refractivity contribution is 5.39. The van der Waals surface area contributed by atoms with Gasteiger partial charge in [0.1, 0.15) is 5.82 Å². The van der Waals surface area contributed by atoms with Gasteiger partial charge in [-0.15, -0.1) is 0 Å². The molecule has 0 aromatic heterocycles. The van der Waals surface area contributed by atoms with E-state index in [9.17, 15) is 4.39 Å². The fraction of sp³-hybridized carbons (Fsp3) is 0.294. The molecular formula is C17H19FN2. The molecule has 1 aliphatic carbocycles. The lowest BCUT2D eigenvalue weighted by Crippen LogP contribution is -2.25. The van der Waals surface area contributed by atoms with Crippen molar-refractivity contribution < 1.29 is 4.39 Å². The molecule has 104 valence electrons. The molecule has 3 rings (SSSR count). The van der Waals surface area contributed by atoms with Gasteiger partial charge >= 0.3 is 0 Å². The molecule has 0 radical (unpaired) electrons. The van der Waals surface area contributed by atoms with E-state index in [0.717, 1.165) is 24.3 Å². The Morgan fingerprint density at radius 2 is 1.70 bits per heavy atom. The second kappa shape index (κ2) is 5.63. The van der Waals surface area contributed by atoms with Gasteiger partial charge in [-0.1, -0.05) is 24.3 Å². The number of nitrogens with zero attached hydrogens (tertiary/aromatic N) is 1. The second-order valence-corrected chi connectivity index (χ2v) is 5.51. The Morgan fingerprint density at radius 3 is 2.35 bits per heavy atom. The van der Waals surface area contributed by atoms with Crippen LogP contribution in [0.25, 0.3) is 0 Å². The minimum atomic E-state index is -0.161. The van der Waals surface area contributed by atoms with Gasteiger partial charge in [-0.3, -0.25) is 4.90 Å². The second-order valence-electron chi connectivity index (χ2n) is 5.51. The average Bonchev–Trinajstić information content (AvgIpc) is 3.25. The van der Waals surface area contributed by atoms with Gasteiger partial charge < -0.3 is 5.73 Å². The van der Waals surface area contributed by atoms with Crippen LogP contribution in [0, 0.1) is 5.82 Å². The number of anilines is 1. The lowest BCUT2D eigenvalue weighted by molar-refractivity contribution is 0.245. The van der Waals surface area contributed by atoms with Crippen molar-refractivity contribution in [2.75, 3.05) is 5.73 Å². The third-order valence-electron chi connectivity index (χ3n) is 3.70. The maximum atomic E-state index is 13.3. The average molecular weight is 270 g/mol. The maximum Gasteiger partial charge on any atom is 0.123 e. The lowest BCUT2D eigenvalue weighted by atomic mass is 10.1. The van der Waals surface area contributed by atoms with Gasteiger partial charge in [-0.25, -0.2) is 4.39 Å². The molecule has 0 bridgehead atoms. The van der Waals surface area contributed by atoms with Crippen LogP contribution in [0.1, 0.15) is 24.0 Å². The van der Waals surface area contributed by atoms with E-state index in [0.29, 0.717) is 6.04 Å². The van der Waals surface area contributed by atoms with Crippen LogP contribution in [0.15, 0.2) is 48.5 Å². The van der Waals surface area contributed by atoms with Crippen LogP contribution in [0.5, 0.6) is 0 Å². The first-order valence-corrected chi connectivity index (χ1v) is 7.03. The molecular weight excluding hydrogens is 251 g/mol. The van der Waals surface area contributed by atoms with Gasteiger partial charge in [0, 0.05) is 24.8 Å². The van der Waals surface area contributed by atoms with Gasteiger partial charge in [0.25, 0.3) is 0 Å². The largest absolute Gasteiger partial charge is 0.399 e. The summed E-state index contributed by atoms with van der Waals surface area (Å²) in [4.78, 5) is 2.42. The Balaban J connectivity index is 1.71. The number of benzene rings is 2. The first-order valence-electron chi connectivity index (χ1n) is 7.03. The first-order chi connectivity index (χ1) is 9.70. The highest BCUT2D eigenvalue weighted by Crippen LogP contribution is 2.30. The highest BCUT2D eigenvalue weighted by Gasteiger charge is 2.28. The van der Waals surface area contributed by atoms with Gasteiger partial charge in [-0.2, -0.15) is 0 Å². The summed E-state index contributed by atoms with van der Waals surface area (Å²) in [5.41, 5.74) is 8.79. The Bertz CT molecular complexity index is 576. The Hall–Kier alpha value is -1.87. The smallest absolute Gasteiger partial charge is 0.123 e. The summed E-state index contributed by atoms with van der Waals surface area (Å²) < 4.78 is 13.3. The quantitative estimate of drug-likeness (QED) is 0.842. The van der Waals surface area contributed by atoms with Crippen LogP contribution in [-0.2, 0) is 13.1 Å². The molecule has 2 N–H and O–H groups in total. The third kappa shape index (κ3) is 3.36. The number of halogens is 1. The fourth-order valence-electron chi connectivity index (χ4n) is 2.48. The third-order valence-corrected chi connectivity index (χ3v) is 3.70. The predicted octanol–water partition coefficient (Wildman–Crippen LogP) is 3.57. The predicted molar refractivity (Wildman–Crippen MR) is 79.5 cm³/mol. The molecule has 2 nitrogen and oxygen atoms in total. The van der Waals surface area contributed by atoms with Crippen molar-refractivity contribution in [1.82, 2.24) is 4.90 Å². The van der Waals surface area contributed by atoms with Crippen molar-refractivity contribution in [2.45, 2.75) is 32.0 Å². The summed E-state index contributed by atoms with van der Waals surface area (Å²) in [7, 11) is 0. The fourth-order valence-corrected chi connectivity index (χ4v) is 2.48. The zero-order chi connectivity index (χ0) is 13.9. The summed E-state index contributed by atoms with van der Waals surface area (Å²) in [6.45, 7) is 1.69. The van der Waals surface area contributed by atoms with E-state index in [2.05, 4.69) is 17.0 Å². The summed E-state index contributed by atoms with van der Waals surface area (Å²) in [5.74, 6) is -0.161. The van der Waals surface area contributed by atoms with Crippen molar-refractivity contribution in [1.29, 1.82) is 0 Å². The van der Waals surface area contributed by atoms with Gasteiger partial charge in [0.2, 0.25) is 0 Å². The van der Waals surface area contributed by atoms with Crippen LogP contribution in [0.3, 0.4) is 0 Å². The monoisotopic (exact) mass is 270 g/mol. The maximum absolute atomic E-state index is 13.3. The van der Waals surface area contributed by atoms with Crippen molar-refractivity contribution in [2.24, 2.45) is 0 Å². The molecule has 3 heteroatoms. The van der Waals surface area contributed by atoms with Crippen molar-refractivity contribution >= 4 is 5.69 Å². The molecule has 2 aromatic rings. The molecule has 1 aliphatic rings. The molecule has 0 saturated heterocycles. The molecule has 2 aromatic carbocycles. The zero-order valence-corrected chi connectivity index (χ0v) is 11.4. The van der Waals surface area contributed by atoms with Crippen LogP contribution in [0.2, 0.25) is 0 Å². The van der Waals surface area contributed by atoms with Crippen LogP contribution in [-0.4, -0.2) is 10.9 Å². The Morgan fingerprint density at radius 1 is 1.00 bits per heavy atom. The van der Waals surface area contributed by atoms with E-state index in [-0.39, 0.29) is 5.82 Å². The van der Waals surface area contributed by atoms with Crippen LogP contribution < -0.4 is 5.73 Å². The summed E-state index contributed by atoms with van der Waals surface area (Å²) in [6.07, 6.45) is 2.48. The molecule has 0 spiro atoms. The highest BCUT2D eigenvalue weighted by atomic mass is 19.1. The number of nitrogen functional groups attached to an aromatic ring is 1. The van der Waals surface area contributed by atoms with E-state index < -0.39 is 0 Å². The lowest BCUT2D eigenvalue weighted by Gasteiger charge is -2.22. The number of nitrogens with two attached hydrogens (primary N) is 1. The molecule has 0 unspecified atom stereocenters. The van der Waals surface area contributed by atoms with Gasteiger partial charge in [0.15, 0.2) is 0 Å². The molecule has 0 amide bonds. The molecule has 0 aliphatic heterocycles. The van der Waals surface area contributed by atoms with E-state index in [1.807, 2.05) is 18.2 Å². The summed E-state index contributed by atoms with van der Waals surface area (Å²) in [6, 6.07) is 15.5. The first kappa shape index (κ1) is 13.1. The number of hydrogen-bond donors (Lipinski definition) is 1. The molecule has 0 heterocycles. The van der Waals surface area contributed by atoms with Crippen molar-refractivity contribution in [3.05, 3.63) is 65.5 Å². The minimum Gasteiger partial charge on any atom is -0.399 e. The van der Waals surface area contributed by atoms with E-state index in [1.54, 1.807) is 12.1 Å². The van der Waals surface area contributed by atoms with E-state index >= 15 is 0 Å². The SMILES string of the molecule is Nc1ccc(CN(Cc2cccc(F)c2)C2CC2)cc1. The van der Waals surface area contributed by atoms with Crippen molar-refractivity contribution in [3.8, 4) is 0 Å². The number of hydrogen-bond acceptors (Lipinski definition) is 2. The molecule has 1 fully saturated rings. The standard InChI is InChI=1S/C17H19FN2/c18-15-3-1-2-14(10-15)12-20(17-8-9-17)11-13-4-6-16(19)7-5-13/h1-7,10,17H,8-9,11-12,19H2. The van der Waals surface area contributed by atoms with Crippen LogP contribution >= 0.6 is 0 Å². The summed E-state index contributed by atoms with van der Waals surface area (Å²) >= 11 is 0.